The summed E-state index contributed by atoms with van der Waals surface area (Å²) >= 11 is 5.97. The van der Waals surface area contributed by atoms with E-state index in [1.165, 1.54) is 0 Å². The molecule has 1 amide bonds. The van der Waals surface area contributed by atoms with Crippen LogP contribution < -0.4 is 19.5 Å². The van der Waals surface area contributed by atoms with Gasteiger partial charge in [0.1, 0.15) is 5.75 Å². The fraction of sp³-hybridized carbons (Fsp3) is 0.316. The summed E-state index contributed by atoms with van der Waals surface area (Å²) < 4.78 is 16.5. The van der Waals surface area contributed by atoms with Gasteiger partial charge in [0, 0.05) is 16.8 Å². The van der Waals surface area contributed by atoms with Gasteiger partial charge in [-0.3, -0.25) is 4.79 Å². The molecule has 0 spiro atoms. The molecule has 2 rings (SSSR count). The number of hydrogen-bond acceptors (Lipinski definition) is 4. The topological polar surface area (TPSA) is 56.8 Å². The van der Waals surface area contributed by atoms with E-state index in [9.17, 15) is 4.79 Å². The van der Waals surface area contributed by atoms with E-state index in [0.29, 0.717) is 41.2 Å². The maximum Gasteiger partial charge on any atom is 0.262 e. The first-order valence-electron chi connectivity index (χ1n) is 8.12. The van der Waals surface area contributed by atoms with Crippen molar-refractivity contribution in [2.45, 2.75) is 20.8 Å². The number of halogens is 1. The Morgan fingerprint density at radius 2 is 1.72 bits per heavy atom. The van der Waals surface area contributed by atoms with E-state index in [1.807, 2.05) is 20.8 Å². The van der Waals surface area contributed by atoms with Gasteiger partial charge < -0.3 is 19.5 Å². The number of ether oxygens (including phenoxy) is 3. The zero-order chi connectivity index (χ0) is 18.2. The van der Waals surface area contributed by atoms with Gasteiger partial charge in [-0.15, -0.1) is 0 Å². The highest BCUT2D eigenvalue weighted by Gasteiger charge is 2.09. The molecule has 2 aromatic carbocycles. The van der Waals surface area contributed by atoms with Gasteiger partial charge in [0.05, 0.1) is 13.2 Å². The van der Waals surface area contributed by atoms with Gasteiger partial charge in [0.15, 0.2) is 18.1 Å². The summed E-state index contributed by atoms with van der Waals surface area (Å²) in [5.41, 5.74) is 1.51. The number of nitrogens with one attached hydrogen (secondary N) is 1. The van der Waals surface area contributed by atoms with Crippen molar-refractivity contribution in [3.05, 3.63) is 47.0 Å². The molecule has 0 heterocycles. The average Bonchev–Trinajstić information content (AvgIpc) is 2.59. The number of hydrogen-bond donors (Lipinski definition) is 1. The molecule has 0 saturated heterocycles. The van der Waals surface area contributed by atoms with Crippen LogP contribution in [0.2, 0.25) is 5.02 Å². The molecule has 25 heavy (non-hydrogen) atoms. The molecule has 0 aromatic heterocycles. The third-order valence-corrected chi connectivity index (χ3v) is 3.75. The molecule has 2 aromatic rings. The number of carbonyl (C=O) groups is 1. The Labute approximate surface area is 152 Å². The number of carbonyl (C=O) groups excluding carboxylic acids is 1. The van der Waals surface area contributed by atoms with Crippen molar-refractivity contribution in [2.24, 2.45) is 0 Å². The van der Waals surface area contributed by atoms with Crippen LogP contribution in [-0.2, 0) is 4.79 Å². The summed E-state index contributed by atoms with van der Waals surface area (Å²) in [5, 5.41) is 3.44. The van der Waals surface area contributed by atoms with Crippen LogP contribution in [0.25, 0.3) is 0 Å². The molecule has 0 aliphatic carbocycles. The monoisotopic (exact) mass is 363 g/mol. The third kappa shape index (κ3) is 5.57. The summed E-state index contributed by atoms with van der Waals surface area (Å²) in [5.74, 6) is 1.57. The fourth-order valence-corrected chi connectivity index (χ4v) is 2.30. The molecule has 6 heteroatoms. The van der Waals surface area contributed by atoms with E-state index in [0.717, 1.165) is 5.56 Å². The number of anilines is 1. The lowest BCUT2D eigenvalue weighted by Crippen LogP contribution is -2.20. The van der Waals surface area contributed by atoms with Gasteiger partial charge >= 0.3 is 0 Å². The van der Waals surface area contributed by atoms with Crippen molar-refractivity contribution in [3.8, 4) is 17.2 Å². The first kappa shape index (κ1) is 18.9. The number of amides is 1. The molecular weight excluding hydrogens is 342 g/mol. The SMILES string of the molecule is CCOc1ccc(NC(=O)COc2ccc(Cl)c(C)c2)cc1OCC. The molecular formula is C19H22ClNO4. The summed E-state index contributed by atoms with van der Waals surface area (Å²) in [6, 6.07) is 10.5. The van der Waals surface area contributed by atoms with Crippen LogP contribution >= 0.6 is 11.6 Å². The van der Waals surface area contributed by atoms with Crippen molar-refractivity contribution < 1.29 is 19.0 Å². The van der Waals surface area contributed by atoms with Gasteiger partial charge in [-0.05, 0) is 56.7 Å². The molecule has 0 saturated carbocycles. The number of benzene rings is 2. The maximum absolute atomic E-state index is 12.1. The van der Waals surface area contributed by atoms with E-state index in [2.05, 4.69) is 5.32 Å². The second-order valence-corrected chi connectivity index (χ2v) is 5.68. The Balaban J connectivity index is 1.97. The Bertz CT molecular complexity index is 733. The van der Waals surface area contributed by atoms with Crippen LogP contribution in [0.5, 0.6) is 17.2 Å². The maximum atomic E-state index is 12.1. The molecule has 0 aliphatic heterocycles. The smallest absolute Gasteiger partial charge is 0.262 e. The van der Waals surface area contributed by atoms with Crippen LogP contribution in [-0.4, -0.2) is 25.7 Å². The summed E-state index contributed by atoms with van der Waals surface area (Å²) in [6.45, 7) is 6.63. The molecule has 0 bridgehead atoms. The van der Waals surface area contributed by atoms with E-state index in [4.69, 9.17) is 25.8 Å². The van der Waals surface area contributed by atoms with E-state index in [1.54, 1.807) is 36.4 Å². The predicted molar refractivity (Wildman–Crippen MR) is 99.1 cm³/mol. The van der Waals surface area contributed by atoms with Crippen molar-refractivity contribution in [1.82, 2.24) is 0 Å². The van der Waals surface area contributed by atoms with Crippen LogP contribution in [0.15, 0.2) is 36.4 Å². The number of rotatable bonds is 8. The van der Waals surface area contributed by atoms with Gasteiger partial charge in [-0.1, -0.05) is 11.6 Å². The first-order chi connectivity index (χ1) is 12.0. The van der Waals surface area contributed by atoms with Crippen LogP contribution in [0, 0.1) is 6.92 Å². The fourth-order valence-electron chi connectivity index (χ4n) is 2.18. The van der Waals surface area contributed by atoms with E-state index in [-0.39, 0.29) is 12.5 Å². The second kappa shape index (κ2) is 9.18. The minimum atomic E-state index is -0.265. The average molecular weight is 364 g/mol. The van der Waals surface area contributed by atoms with Crippen LogP contribution in [0.3, 0.4) is 0 Å². The molecule has 0 radical (unpaired) electrons. The predicted octanol–water partition coefficient (Wildman–Crippen LogP) is 4.46. The van der Waals surface area contributed by atoms with Gasteiger partial charge in [0.2, 0.25) is 0 Å². The zero-order valence-electron chi connectivity index (χ0n) is 14.6. The van der Waals surface area contributed by atoms with E-state index < -0.39 is 0 Å². The number of aryl methyl sites for hydroxylation is 1. The van der Waals surface area contributed by atoms with E-state index >= 15 is 0 Å². The second-order valence-electron chi connectivity index (χ2n) is 5.28. The van der Waals surface area contributed by atoms with Crippen LogP contribution in [0.4, 0.5) is 5.69 Å². The van der Waals surface area contributed by atoms with Gasteiger partial charge in [-0.25, -0.2) is 0 Å². The molecule has 0 aliphatic rings. The lowest BCUT2D eigenvalue weighted by atomic mass is 10.2. The summed E-state index contributed by atoms with van der Waals surface area (Å²) in [6.07, 6.45) is 0. The Kier molecular flexibility index (Phi) is 6.95. The zero-order valence-corrected chi connectivity index (χ0v) is 15.4. The third-order valence-electron chi connectivity index (χ3n) is 3.33. The molecule has 0 atom stereocenters. The van der Waals surface area contributed by atoms with Crippen molar-refractivity contribution in [2.75, 3.05) is 25.1 Å². The minimum Gasteiger partial charge on any atom is -0.490 e. The van der Waals surface area contributed by atoms with Crippen molar-refractivity contribution >= 4 is 23.2 Å². The summed E-state index contributed by atoms with van der Waals surface area (Å²) in [7, 11) is 0. The first-order valence-corrected chi connectivity index (χ1v) is 8.49. The molecule has 5 nitrogen and oxygen atoms in total. The highest BCUT2D eigenvalue weighted by molar-refractivity contribution is 6.31. The summed E-state index contributed by atoms with van der Waals surface area (Å²) in [4.78, 5) is 12.1. The highest BCUT2D eigenvalue weighted by atomic mass is 35.5. The van der Waals surface area contributed by atoms with Crippen molar-refractivity contribution in [1.29, 1.82) is 0 Å². The standard InChI is InChI=1S/C19H22ClNO4/c1-4-23-17-9-6-14(11-18(17)24-5-2)21-19(22)12-25-15-7-8-16(20)13(3)10-15/h6-11H,4-5,12H2,1-3H3,(H,21,22). The van der Waals surface area contributed by atoms with Crippen molar-refractivity contribution in [3.63, 3.8) is 0 Å². The lowest BCUT2D eigenvalue weighted by Gasteiger charge is -2.13. The Morgan fingerprint density at radius 3 is 2.40 bits per heavy atom. The molecule has 1 N–H and O–H groups in total. The normalized spacial score (nSPS) is 10.2. The van der Waals surface area contributed by atoms with Gasteiger partial charge in [0.25, 0.3) is 5.91 Å². The van der Waals surface area contributed by atoms with Crippen LogP contribution in [0.1, 0.15) is 19.4 Å². The molecule has 0 unspecified atom stereocenters. The largest absolute Gasteiger partial charge is 0.490 e. The molecule has 0 fully saturated rings. The van der Waals surface area contributed by atoms with Gasteiger partial charge in [-0.2, -0.15) is 0 Å². The Hall–Kier alpha value is -2.40. The quantitative estimate of drug-likeness (QED) is 0.752. The Morgan fingerprint density at radius 1 is 1.00 bits per heavy atom. The minimum absolute atomic E-state index is 0.0990. The highest BCUT2D eigenvalue weighted by Crippen LogP contribution is 2.30. The molecule has 134 valence electrons. The lowest BCUT2D eigenvalue weighted by molar-refractivity contribution is -0.118.